The van der Waals surface area contributed by atoms with E-state index < -0.39 is 17.3 Å². The summed E-state index contributed by atoms with van der Waals surface area (Å²) >= 11 is 17.4. The number of benzene rings is 1. The fraction of sp³-hybridized carbons (Fsp3) is 0.0833. The zero-order valence-electron chi connectivity index (χ0n) is 9.80. The third kappa shape index (κ3) is 3.69. The van der Waals surface area contributed by atoms with E-state index in [2.05, 4.69) is 0 Å². The lowest BCUT2D eigenvalue weighted by Crippen LogP contribution is -2.00. The summed E-state index contributed by atoms with van der Waals surface area (Å²) in [5.41, 5.74) is -4.39. The number of thioether (sulfide) groups is 1. The van der Waals surface area contributed by atoms with Crippen LogP contribution >= 0.6 is 46.6 Å². The highest BCUT2D eigenvalue weighted by molar-refractivity contribution is 8.00. The van der Waals surface area contributed by atoms with Gasteiger partial charge in [0.15, 0.2) is 12.0 Å². The Balaban J connectivity index is 2.54. The van der Waals surface area contributed by atoms with Gasteiger partial charge in [-0.1, -0.05) is 34.8 Å². The van der Waals surface area contributed by atoms with Crippen LogP contribution in [0.5, 0.6) is 0 Å². The highest BCUT2D eigenvalue weighted by Gasteiger charge is 2.32. The summed E-state index contributed by atoms with van der Waals surface area (Å²) in [6.07, 6.45) is 0.473. The summed E-state index contributed by atoms with van der Waals surface area (Å²) in [6, 6.07) is 3.84. The normalized spacial score (nSPS) is 11.7. The molecule has 112 valence electrons. The Morgan fingerprint density at radius 1 is 1.14 bits per heavy atom. The molecule has 0 amide bonds. The van der Waals surface area contributed by atoms with Crippen molar-refractivity contribution in [1.82, 2.24) is 0 Å². The number of furan rings is 1. The first-order chi connectivity index (χ1) is 9.73. The predicted octanol–water partition coefficient (Wildman–Crippen LogP) is 6.33. The van der Waals surface area contributed by atoms with Crippen LogP contribution < -0.4 is 0 Å². The summed E-state index contributed by atoms with van der Waals surface area (Å²) in [4.78, 5) is 10.3. The topological polar surface area (TPSA) is 30.2 Å². The number of hydrogen-bond donors (Lipinski definition) is 0. The Morgan fingerprint density at radius 2 is 1.81 bits per heavy atom. The van der Waals surface area contributed by atoms with Gasteiger partial charge >= 0.3 is 5.51 Å². The molecular weight excluding hydrogens is 372 g/mol. The molecule has 2 rings (SSSR count). The first-order valence-corrected chi connectivity index (χ1v) is 7.16. The number of rotatable bonds is 3. The van der Waals surface area contributed by atoms with E-state index in [1.807, 2.05) is 0 Å². The molecule has 2 nitrogen and oxygen atoms in total. The molecule has 0 fully saturated rings. The van der Waals surface area contributed by atoms with E-state index in [-0.39, 0.29) is 37.0 Å². The first-order valence-electron chi connectivity index (χ1n) is 5.21. The first kappa shape index (κ1) is 16.5. The van der Waals surface area contributed by atoms with Crippen LogP contribution in [0.3, 0.4) is 0 Å². The van der Waals surface area contributed by atoms with E-state index in [1.54, 1.807) is 0 Å². The Labute approximate surface area is 136 Å². The largest absolute Gasteiger partial charge is 0.453 e. The van der Waals surface area contributed by atoms with Gasteiger partial charge in [-0.15, -0.1) is 0 Å². The van der Waals surface area contributed by atoms with Gasteiger partial charge in [0, 0.05) is 4.90 Å². The highest BCUT2D eigenvalue weighted by Crippen LogP contribution is 2.48. The molecule has 9 heteroatoms. The number of carbonyl (C=O) groups is 1. The minimum absolute atomic E-state index is 0.0296. The average Bonchev–Trinajstić information content (AvgIpc) is 2.82. The minimum atomic E-state index is -4.52. The van der Waals surface area contributed by atoms with Gasteiger partial charge in [-0.3, -0.25) is 4.79 Å². The smallest absolute Gasteiger partial charge is 0.446 e. The Hall–Kier alpha value is -0.820. The molecule has 1 aromatic carbocycles. The minimum Gasteiger partial charge on any atom is -0.453 e. The molecule has 0 N–H and O–H groups in total. The van der Waals surface area contributed by atoms with Crippen LogP contribution in [0.15, 0.2) is 27.5 Å². The van der Waals surface area contributed by atoms with E-state index in [4.69, 9.17) is 39.2 Å². The Kier molecular flexibility index (Phi) is 4.82. The maximum Gasteiger partial charge on any atom is 0.446 e. The van der Waals surface area contributed by atoms with Gasteiger partial charge in [-0.05, 0) is 30.0 Å². The lowest BCUT2D eigenvalue weighted by molar-refractivity contribution is -0.0328. The molecule has 1 aromatic heterocycles. The van der Waals surface area contributed by atoms with Crippen LogP contribution in [-0.2, 0) is 0 Å². The van der Waals surface area contributed by atoms with Crippen molar-refractivity contribution in [3.8, 4) is 11.3 Å². The third-order valence-corrected chi connectivity index (χ3v) is 4.39. The van der Waals surface area contributed by atoms with E-state index >= 15 is 0 Å². The average molecular weight is 376 g/mol. The van der Waals surface area contributed by atoms with Gasteiger partial charge < -0.3 is 4.42 Å². The Bertz CT molecular complexity index is 698. The zero-order valence-corrected chi connectivity index (χ0v) is 12.9. The quantitative estimate of drug-likeness (QED) is 0.357. The summed E-state index contributed by atoms with van der Waals surface area (Å²) in [7, 11) is 0. The SMILES string of the molecule is O=Cc1ccc(-c2c(Cl)cc(SC(F)(F)F)c(Cl)c2Cl)o1. The maximum absolute atomic E-state index is 12.4. The van der Waals surface area contributed by atoms with Crippen molar-refractivity contribution in [3.05, 3.63) is 39.0 Å². The Morgan fingerprint density at radius 3 is 2.33 bits per heavy atom. The second kappa shape index (κ2) is 6.12. The molecule has 0 aliphatic heterocycles. The van der Waals surface area contributed by atoms with Crippen molar-refractivity contribution in [2.45, 2.75) is 10.4 Å². The fourth-order valence-corrected chi connectivity index (χ4v) is 3.19. The molecule has 0 bridgehead atoms. The van der Waals surface area contributed by atoms with Gasteiger partial charge in [-0.2, -0.15) is 13.2 Å². The van der Waals surface area contributed by atoms with Crippen LogP contribution in [0.1, 0.15) is 10.6 Å². The zero-order chi connectivity index (χ0) is 15.8. The summed E-state index contributed by atoms with van der Waals surface area (Å²) < 4.78 is 42.4. The van der Waals surface area contributed by atoms with Crippen molar-refractivity contribution >= 4 is 52.9 Å². The second-order valence-electron chi connectivity index (χ2n) is 3.73. The molecule has 0 atom stereocenters. The van der Waals surface area contributed by atoms with Gasteiger partial charge in [0.05, 0.1) is 20.6 Å². The van der Waals surface area contributed by atoms with E-state index in [1.165, 1.54) is 12.1 Å². The standard InChI is InChI=1S/C12H4Cl3F3O2S/c13-6-3-8(21-12(16,17)18)10(14)11(15)9(6)7-2-1-5(4-19)20-7/h1-4H. The lowest BCUT2D eigenvalue weighted by Gasteiger charge is -2.12. The number of halogens is 6. The fourth-order valence-electron chi connectivity index (χ4n) is 1.55. The molecule has 1 heterocycles. The van der Waals surface area contributed by atoms with E-state index in [0.29, 0.717) is 6.29 Å². The molecule has 21 heavy (non-hydrogen) atoms. The number of aldehydes is 1. The molecule has 0 aliphatic rings. The van der Waals surface area contributed by atoms with Crippen LogP contribution in [-0.4, -0.2) is 11.8 Å². The van der Waals surface area contributed by atoms with Gasteiger partial charge in [-0.25, -0.2) is 0 Å². The van der Waals surface area contributed by atoms with E-state index in [9.17, 15) is 18.0 Å². The van der Waals surface area contributed by atoms with Gasteiger partial charge in [0.2, 0.25) is 0 Å². The van der Waals surface area contributed by atoms with Gasteiger partial charge in [0.25, 0.3) is 0 Å². The van der Waals surface area contributed by atoms with Crippen LogP contribution in [0.2, 0.25) is 15.1 Å². The summed E-state index contributed by atoms with van der Waals surface area (Å²) in [5.74, 6) is 0.166. The van der Waals surface area contributed by atoms with E-state index in [0.717, 1.165) is 6.07 Å². The lowest BCUT2D eigenvalue weighted by atomic mass is 10.1. The number of alkyl halides is 3. The monoisotopic (exact) mass is 374 g/mol. The maximum atomic E-state index is 12.4. The predicted molar refractivity (Wildman–Crippen MR) is 76.5 cm³/mol. The molecule has 0 aliphatic carbocycles. The number of hydrogen-bond acceptors (Lipinski definition) is 3. The molecule has 2 aromatic rings. The van der Waals surface area contributed by atoms with Crippen LogP contribution in [0.25, 0.3) is 11.3 Å². The highest BCUT2D eigenvalue weighted by atomic mass is 35.5. The van der Waals surface area contributed by atoms with Crippen molar-refractivity contribution in [2.24, 2.45) is 0 Å². The summed E-state index contributed by atoms with van der Waals surface area (Å²) in [6.45, 7) is 0. The second-order valence-corrected chi connectivity index (χ2v) is 6.00. The molecular formula is C12H4Cl3F3O2S. The van der Waals surface area contributed by atoms with Gasteiger partial charge in [0.1, 0.15) is 5.76 Å². The molecule has 0 radical (unpaired) electrons. The van der Waals surface area contributed by atoms with Crippen molar-refractivity contribution in [3.63, 3.8) is 0 Å². The summed E-state index contributed by atoms with van der Waals surface area (Å²) in [5, 5.41) is -0.534. The molecule has 0 saturated heterocycles. The van der Waals surface area contributed by atoms with Crippen LogP contribution in [0.4, 0.5) is 13.2 Å². The molecule has 0 unspecified atom stereocenters. The van der Waals surface area contributed by atoms with Crippen molar-refractivity contribution in [1.29, 1.82) is 0 Å². The third-order valence-electron chi connectivity index (χ3n) is 2.34. The van der Waals surface area contributed by atoms with Crippen LogP contribution in [0, 0.1) is 0 Å². The molecule has 0 saturated carbocycles. The number of carbonyl (C=O) groups excluding carboxylic acids is 1. The molecule has 0 spiro atoms. The van der Waals surface area contributed by atoms with Crippen molar-refractivity contribution < 1.29 is 22.4 Å². The van der Waals surface area contributed by atoms with Crippen molar-refractivity contribution in [2.75, 3.05) is 0 Å².